The molecular weight excluding hydrogens is 511 g/mol. The minimum atomic E-state index is -3.76. The van der Waals surface area contributed by atoms with Crippen molar-refractivity contribution in [1.29, 1.82) is 0 Å². The van der Waals surface area contributed by atoms with E-state index in [1.54, 1.807) is 42.5 Å². The Morgan fingerprint density at radius 1 is 1.03 bits per heavy atom. The van der Waals surface area contributed by atoms with Gasteiger partial charge in [0, 0.05) is 46.6 Å². The number of sulfonamides is 1. The van der Waals surface area contributed by atoms with Crippen molar-refractivity contribution in [2.45, 2.75) is 17.9 Å². The van der Waals surface area contributed by atoms with Crippen LogP contribution < -0.4 is 14.9 Å². The monoisotopic (exact) mass is 538 g/mol. The van der Waals surface area contributed by atoms with Crippen LogP contribution in [0.3, 0.4) is 0 Å². The van der Waals surface area contributed by atoms with Gasteiger partial charge in [0.2, 0.25) is 5.91 Å². The highest BCUT2D eigenvalue weighted by Gasteiger charge is 2.25. The van der Waals surface area contributed by atoms with Crippen molar-refractivity contribution in [3.05, 3.63) is 71.1 Å². The summed E-state index contributed by atoms with van der Waals surface area (Å²) in [6, 6.07) is 12.9. The molecule has 3 aromatic rings. The number of rotatable bonds is 7. The Morgan fingerprint density at radius 3 is 2.37 bits per heavy atom. The van der Waals surface area contributed by atoms with Gasteiger partial charge in [0.25, 0.3) is 10.0 Å². The van der Waals surface area contributed by atoms with E-state index < -0.39 is 16.1 Å². The topological polar surface area (TPSA) is 108 Å². The molecule has 0 saturated carbocycles. The van der Waals surface area contributed by atoms with Crippen LogP contribution in [0.15, 0.2) is 66.0 Å². The summed E-state index contributed by atoms with van der Waals surface area (Å²) in [5.41, 5.74) is 1.61. The number of anilines is 3. The second kappa shape index (κ2) is 10.7. The molecule has 12 heteroatoms. The van der Waals surface area contributed by atoms with Gasteiger partial charge in [-0.2, -0.15) is 0 Å². The number of benzene rings is 2. The first-order valence-electron chi connectivity index (χ1n) is 10.9. The molecule has 35 heavy (non-hydrogen) atoms. The normalized spacial score (nSPS) is 14.9. The van der Waals surface area contributed by atoms with E-state index in [9.17, 15) is 13.2 Å². The van der Waals surface area contributed by atoms with E-state index in [-0.39, 0.29) is 19.5 Å². The molecule has 1 aromatic heterocycles. The zero-order valence-corrected chi connectivity index (χ0v) is 21.2. The molecule has 1 aliphatic rings. The van der Waals surface area contributed by atoms with E-state index in [0.29, 0.717) is 36.2 Å². The number of piperazine rings is 1. The third-order valence-corrected chi connectivity index (χ3v) is 7.71. The molecule has 1 unspecified atom stereocenters. The maximum Gasteiger partial charge on any atom is 0.263 e. The van der Waals surface area contributed by atoms with Crippen LogP contribution in [0.2, 0.25) is 10.0 Å². The minimum absolute atomic E-state index is 0. The van der Waals surface area contributed by atoms with Crippen molar-refractivity contribution < 1.29 is 16.1 Å². The molecule has 0 spiro atoms. The highest BCUT2D eigenvalue weighted by atomic mass is 35.5. The second-order valence-corrected chi connectivity index (χ2v) is 10.5. The number of hydrogen-bond donors (Lipinski definition) is 2. The van der Waals surface area contributed by atoms with Crippen molar-refractivity contribution in [3.63, 3.8) is 0 Å². The highest BCUT2D eigenvalue weighted by molar-refractivity contribution is 7.92. The molecule has 2 heterocycles. The summed E-state index contributed by atoms with van der Waals surface area (Å²) in [4.78, 5) is 24.6. The Hall–Kier alpha value is -3.08. The maximum atomic E-state index is 12.9. The van der Waals surface area contributed by atoms with Gasteiger partial charge in [-0.25, -0.2) is 18.4 Å². The van der Waals surface area contributed by atoms with Gasteiger partial charge in [-0.15, -0.1) is 0 Å². The number of carbonyl (C=O) groups excluding carboxylic acids is 1. The molecule has 0 radical (unpaired) electrons. The summed E-state index contributed by atoms with van der Waals surface area (Å²) in [6.45, 7) is 4.20. The molecule has 1 aliphatic heterocycles. The largest absolute Gasteiger partial charge is 0.374 e. The number of amides is 1. The van der Waals surface area contributed by atoms with Crippen LogP contribution in [0.1, 0.15) is 9.78 Å². The van der Waals surface area contributed by atoms with E-state index in [4.69, 9.17) is 23.2 Å². The first kappa shape index (κ1) is 25.0. The molecule has 1 amide bonds. The smallest absolute Gasteiger partial charge is 0.263 e. The van der Waals surface area contributed by atoms with Gasteiger partial charge in [-0.3, -0.25) is 9.52 Å². The van der Waals surface area contributed by atoms with Crippen molar-refractivity contribution in [3.8, 4) is 0 Å². The van der Waals surface area contributed by atoms with E-state index >= 15 is 0 Å². The van der Waals surface area contributed by atoms with Crippen LogP contribution in [0.4, 0.5) is 17.2 Å². The lowest BCUT2D eigenvalue weighted by molar-refractivity contribution is -0.131. The molecule has 0 bridgehead atoms. The van der Waals surface area contributed by atoms with Gasteiger partial charge >= 0.3 is 0 Å². The Balaban J connectivity index is 0.00000241. The second-order valence-electron chi connectivity index (χ2n) is 8.00. The lowest BCUT2D eigenvalue weighted by atomic mass is 10.2. The summed E-state index contributed by atoms with van der Waals surface area (Å²) in [6.07, 6.45) is 2.73. The summed E-state index contributed by atoms with van der Waals surface area (Å²) in [5.74, 6) is 0.195. The predicted molar refractivity (Wildman–Crippen MR) is 142 cm³/mol. The molecule has 0 aliphatic carbocycles. The van der Waals surface area contributed by atoms with Crippen molar-refractivity contribution in [1.82, 2.24) is 14.9 Å². The zero-order chi connectivity index (χ0) is 25.0. The molecule has 2 N–H and O–H groups in total. The number of carbonyl (C=O) groups is 1. The number of hydrogen-bond acceptors (Lipinski definition) is 7. The SMILES string of the molecule is CC(Nc1ccc(Cl)c(Cl)c1)C(=O)N1CCN(c2ccc(S(=O)(=O)Nc3ccncn3)cc2)CC1.[HH].[HH]. The third kappa shape index (κ3) is 6.14. The fourth-order valence-electron chi connectivity index (χ4n) is 3.74. The Bertz CT molecular complexity index is 1300. The van der Waals surface area contributed by atoms with E-state index in [0.717, 1.165) is 11.4 Å². The minimum Gasteiger partial charge on any atom is -0.374 e. The average molecular weight is 539 g/mol. The van der Waals surface area contributed by atoms with Crippen LogP contribution in [-0.2, 0) is 14.8 Å². The van der Waals surface area contributed by atoms with Gasteiger partial charge < -0.3 is 15.1 Å². The van der Waals surface area contributed by atoms with Crippen LogP contribution in [0.5, 0.6) is 0 Å². The van der Waals surface area contributed by atoms with Gasteiger partial charge in [0.1, 0.15) is 18.2 Å². The van der Waals surface area contributed by atoms with Gasteiger partial charge in [-0.05, 0) is 55.5 Å². The van der Waals surface area contributed by atoms with E-state index in [2.05, 4.69) is 24.9 Å². The molecule has 4 rings (SSSR count). The Morgan fingerprint density at radius 2 is 1.74 bits per heavy atom. The van der Waals surface area contributed by atoms with E-state index in [1.165, 1.54) is 18.6 Å². The third-order valence-electron chi connectivity index (χ3n) is 5.60. The standard InChI is InChI=1S/C23H24Cl2N6O3S.2H2/c1-16(28-17-2-7-20(24)21(25)14-17)23(32)31-12-10-30(11-13-31)18-3-5-19(6-4-18)35(33,34)29-22-8-9-26-15-27-22;;/h2-9,14-16,28H,10-13H2,1H3,(H,26,27,29);2*1H. The number of nitrogens with one attached hydrogen (secondary N) is 2. The zero-order valence-electron chi connectivity index (χ0n) is 18.9. The average Bonchev–Trinajstić information content (AvgIpc) is 2.86. The van der Waals surface area contributed by atoms with Crippen molar-refractivity contribution in [2.24, 2.45) is 0 Å². The summed E-state index contributed by atoms with van der Waals surface area (Å²) >= 11 is 12.0. The van der Waals surface area contributed by atoms with E-state index in [1.807, 2.05) is 11.8 Å². The summed E-state index contributed by atoms with van der Waals surface area (Å²) in [7, 11) is -3.76. The Kier molecular flexibility index (Phi) is 7.63. The fourth-order valence-corrected chi connectivity index (χ4v) is 5.05. The van der Waals surface area contributed by atoms with Gasteiger partial charge in [0.15, 0.2) is 0 Å². The van der Waals surface area contributed by atoms with Crippen LogP contribution in [0.25, 0.3) is 0 Å². The van der Waals surface area contributed by atoms with Crippen molar-refractivity contribution >= 4 is 56.3 Å². The quantitative estimate of drug-likeness (QED) is 0.463. The van der Waals surface area contributed by atoms with Crippen molar-refractivity contribution in [2.75, 3.05) is 41.1 Å². The number of halogens is 2. The molecular formula is C23H28Cl2N6O3S. The van der Waals surface area contributed by atoms with Gasteiger partial charge in [-0.1, -0.05) is 23.2 Å². The lowest BCUT2D eigenvalue weighted by Crippen LogP contribution is -2.52. The summed E-state index contributed by atoms with van der Waals surface area (Å²) in [5, 5.41) is 4.05. The molecule has 1 fully saturated rings. The predicted octanol–water partition coefficient (Wildman–Crippen LogP) is 4.23. The van der Waals surface area contributed by atoms with Crippen LogP contribution >= 0.6 is 23.2 Å². The van der Waals surface area contributed by atoms with Crippen LogP contribution in [0, 0.1) is 0 Å². The molecule has 1 atom stereocenters. The first-order valence-corrected chi connectivity index (χ1v) is 13.1. The maximum absolute atomic E-state index is 12.9. The van der Waals surface area contributed by atoms with Gasteiger partial charge in [0.05, 0.1) is 14.9 Å². The fraction of sp³-hybridized carbons (Fsp3) is 0.261. The summed E-state index contributed by atoms with van der Waals surface area (Å²) < 4.78 is 27.6. The molecule has 2 aromatic carbocycles. The number of aromatic nitrogens is 2. The molecule has 1 saturated heterocycles. The molecule has 188 valence electrons. The molecule has 9 nitrogen and oxygen atoms in total. The number of nitrogens with zero attached hydrogens (tertiary/aromatic N) is 4. The van der Waals surface area contributed by atoms with Crippen LogP contribution in [-0.4, -0.2) is 61.4 Å². The first-order chi connectivity index (χ1) is 16.7. The Labute approximate surface area is 217 Å². The highest BCUT2D eigenvalue weighted by Crippen LogP contribution is 2.26. The lowest BCUT2D eigenvalue weighted by Gasteiger charge is -2.37.